The normalized spacial score (nSPS) is 10.9. The summed E-state index contributed by atoms with van der Waals surface area (Å²) < 4.78 is 17.0. The minimum Gasteiger partial charge on any atom is -0.312 e. The van der Waals surface area contributed by atoms with Crippen molar-refractivity contribution in [2.24, 2.45) is 0 Å². The number of nitrogens with zero attached hydrogens (tertiary/aromatic N) is 3. The van der Waals surface area contributed by atoms with Crippen LogP contribution in [0.25, 0.3) is 22.8 Å². The second-order valence-corrected chi connectivity index (χ2v) is 5.65. The maximum atomic E-state index is 13.1. The summed E-state index contributed by atoms with van der Waals surface area (Å²) in [5, 5.41) is 4.65. The van der Waals surface area contributed by atoms with Gasteiger partial charge in [-0.15, -0.1) is 0 Å². The first kappa shape index (κ1) is 14.5. The zero-order valence-electron chi connectivity index (χ0n) is 13.2. The minimum atomic E-state index is -0.250. The van der Waals surface area contributed by atoms with Gasteiger partial charge in [-0.25, -0.2) is 9.07 Å². The summed E-state index contributed by atoms with van der Waals surface area (Å²) in [5.74, 6) is -0.250. The van der Waals surface area contributed by atoms with E-state index in [4.69, 9.17) is 0 Å². The lowest BCUT2D eigenvalue weighted by Gasteiger charge is -2.10. The van der Waals surface area contributed by atoms with Gasteiger partial charge in [0.1, 0.15) is 11.5 Å². The van der Waals surface area contributed by atoms with E-state index < -0.39 is 0 Å². The average Bonchev–Trinajstić information content (AvgIpc) is 3.23. The molecule has 0 aliphatic carbocycles. The number of halogens is 1. The van der Waals surface area contributed by atoms with Crippen molar-refractivity contribution in [1.82, 2.24) is 14.3 Å². The van der Waals surface area contributed by atoms with Crippen LogP contribution in [0.2, 0.25) is 0 Å². The molecule has 2 aromatic heterocycles. The molecule has 0 fully saturated rings. The Hall–Kier alpha value is -3.14. The summed E-state index contributed by atoms with van der Waals surface area (Å²) in [4.78, 5) is 0. The Morgan fingerprint density at radius 3 is 2.29 bits per heavy atom. The van der Waals surface area contributed by atoms with Gasteiger partial charge in [0, 0.05) is 17.6 Å². The second kappa shape index (κ2) is 5.81. The van der Waals surface area contributed by atoms with Crippen molar-refractivity contribution in [3.05, 3.63) is 90.5 Å². The molecule has 2 heterocycles. The molecule has 0 radical (unpaired) electrons. The molecule has 0 saturated heterocycles. The van der Waals surface area contributed by atoms with Crippen LogP contribution in [-0.2, 0) is 0 Å². The average molecular weight is 317 g/mol. The molecular formula is C20H16FN3. The van der Waals surface area contributed by atoms with E-state index in [0.717, 1.165) is 28.5 Å². The standard InChI is InChI=1S/C20H16FN3/c1-15-7-12-20(24(15)18-5-3-2-4-6-18)19-13-14-23(22-19)17-10-8-16(21)9-11-17/h2-14H,1H3. The van der Waals surface area contributed by atoms with Gasteiger partial charge in [-0.05, 0) is 61.5 Å². The zero-order valence-corrected chi connectivity index (χ0v) is 13.2. The number of aryl methyl sites for hydroxylation is 1. The molecule has 0 aliphatic rings. The highest BCUT2D eigenvalue weighted by atomic mass is 19.1. The predicted molar refractivity (Wildman–Crippen MR) is 93.0 cm³/mol. The monoisotopic (exact) mass is 317 g/mol. The highest BCUT2D eigenvalue weighted by Crippen LogP contribution is 2.25. The van der Waals surface area contributed by atoms with Crippen LogP contribution in [0.15, 0.2) is 79.0 Å². The van der Waals surface area contributed by atoms with E-state index in [-0.39, 0.29) is 5.82 Å². The molecule has 3 nitrogen and oxygen atoms in total. The Morgan fingerprint density at radius 2 is 1.54 bits per heavy atom. The van der Waals surface area contributed by atoms with Gasteiger partial charge >= 0.3 is 0 Å². The molecule has 2 aromatic carbocycles. The van der Waals surface area contributed by atoms with E-state index in [1.807, 2.05) is 30.5 Å². The molecule has 0 saturated carbocycles. The Morgan fingerprint density at radius 1 is 0.792 bits per heavy atom. The molecule has 0 unspecified atom stereocenters. The number of hydrogen-bond acceptors (Lipinski definition) is 1. The van der Waals surface area contributed by atoms with Crippen LogP contribution in [-0.4, -0.2) is 14.3 Å². The van der Waals surface area contributed by atoms with Gasteiger partial charge in [0.05, 0.1) is 11.4 Å². The summed E-state index contributed by atoms with van der Waals surface area (Å²) in [6.07, 6.45) is 1.89. The highest BCUT2D eigenvalue weighted by Gasteiger charge is 2.12. The quantitative estimate of drug-likeness (QED) is 0.533. The third-order valence-corrected chi connectivity index (χ3v) is 4.03. The van der Waals surface area contributed by atoms with E-state index in [1.165, 1.54) is 12.1 Å². The fraction of sp³-hybridized carbons (Fsp3) is 0.0500. The minimum absolute atomic E-state index is 0.250. The van der Waals surface area contributed by atoms with Crippen LogP contribution in [0.5, 0.6) is 0 Å². The fourth-order valence-corrected chi connectivity index (χ4v) is 2.86. The molecule has 0 N–H and O–H groups in total. The van der Waals surface area contributed by atoms with Crippen molar-refractivity contribution in [3.63, 3.8) is 0 Å². The van der Waals surface area contributed by atoms with Crippen LogP contribution >= 0.6 is 0 Å². The molecule has 0 amide bonds. The SMILES string of the molecule is Cc1ccc(-c2ccn(-c3ccc(F)cc3)n2)n1-c1ccccc1. The van der Waals surface area contributed by atoms with Gasteiger partial charge in [0.25, 0.3) is 0 Å². The molecule has 24 heavy (non-hydrogen) atoms. The van der Waals surface area contributed by atoms with Crippen molar-refractivity contribution in [2.45, 2.75) is 6.92 Å². The number of benzene rings is 2. The van der Waals surface area contributed by atoms with Crippen molar-refractivity contribution in [3.8, 4) is 22.8 Å². The van der Waals surface area contributed by atoms with Gasteiger partial charge in [-0.1, -0.05) is 18.2 Å². The number of hydrogen-bond donors (Lipinski definition) is 0. The van der Waals surface area contributed by atoms with Crippen LogP contribution in [0.4, 0.5) is 4.39 Å². The first-order valence-electron chi connectivity index (χ1n) is 7.78. The zero-order chi connectivity index (χ0) is 16.5. The Bertz CT molecular complexity index is 966. The lowest BCUT2D eigenvalue weighted by Crippen LogP contribution is -2.00. The van der Waals surface area contributed by atoms with Gasteiger partial charge in [-0.2, -0.15) is 5.10 Å². The third kappa shape index (κ3) is 2.52. The molecule has 0 bridgehead atoms. The van der Waals surface area contributed by atoms with Crippen LogP contribution in [0.1, 0.15) is 5.69 Å². The molecule has 0 aliphatic heterocycles. The van der Waals surface area contributed by atoms with Crippen LogP contribution < -0.4 is 0 Å². The molecule has 4 rings (SSSR count). The number of para-hydroxylation sites is 1. The van der Waals surface area contributed by atoms with E-state index >= 15 is 0 Å². The van der Waals surface area contributed by atoms with Crippen LogP contribution in [0.3, 0.4) is 0 Å². The molecule has 4 aromatic rings. The largest absolute Gasteiger partial charge is 0.312 e. The smallest absolute Gasteiger partial charge is 0.123 e. The molecule has 0 atom stereocenters. The Balaban J connectivity index is 1.77. The van der Waals surface area contributed by atoms with Crippen molar-refractivity contribution in [2.75, 3.05) is 0 Å². The molecule has 4 heteroatoms. The van der Waals surface area contributed by atoms with Crippen molar-refractivity contribution in [1.29, 1.82) is 0 Å². The topological polar surface area (TPSA) is 22.8 Å². The lowest BCUT2D eigenvalue weighted by molar-refractivity contribution is 0.627. The lowest BCUT2D eigenvalue weighted by atomic mass is 10.2. The van der Waals surface area contributed by atoms with E-state index in [9.17, 15) is 4.39 Å². The third-order valence-electron chi connectivity index (χ3n) is 4.03. The van der Waals surface area contributed by atoms with Gasteiger partial charge in [-0.3, -0.25) is 0 Å². The second-order valence-electron chi connectivity index (χ2n) is 5.65. The molecule has 0 spiro atoms. The summed E-state index contributed by atoms with van der Waals surface area (Å²) in [7, 11) is 0. The summed E-state index contributed by atoms with van der Waals surface area (Å²) in [5.41, 5.74) is 4.98. The van der Waals surface area contributed by atoms with E-state index in [1.54, 1.807) is 16.8 Å². The molecular weight excluding hydrogens is 301 g/mol. The Labute approximate surface area is 139 Å². The van der Waals surface area contributed by atoms with Crippen molar-refractivity contribution >= 4 is 0 Å². The maximum Gasteiger partial charge on any atom is 0.123 e. The Kier molecular flexibility index (Phi) is 3.50. The predicted octanol–water partition coefficient (Wildman–Crippen LogP) is 4.78. The first-order chi connectivity index (χ1) is 11.7. The number of aromatic nitrogens is 3. The van der Waals surface area contributed by atoms with Gasteiger partial charge in [0.15, 0.2) is 0 Å². The van der Waals surface area contributed by atoms with Crippen molar-refractivity contribution < 1.29 is 4.39 Å². The maximum absolute atomic E-state index is 13.1. The molecule has 118 valence electrons. The van der Waals surface area contributed by atoms with Gasteiger partial charge < -0.3 is 4.57 Å². The van der Waals surface area contributed by atoms with E-state index in [2.05, 4.69) is 40.9 Å². The van der Waals surface area contributed by atoms with Crippen LogP contribution in [0, 0.1) is 12.7 Å². The summed E-state index contributed by atoms with van der Waals surface area (Å²) >= 11 is 0. The summed E-state index contributed by atoms with van der Waals surface area (Å²) in [6, 6.07) is 22.6. The number of rotatable bonds is 3. The first-order valence-corrected chi connectivity index (χ1v) is 7.78. The van der Waals surface area contributed by atoms with Gasteiger partial charge in [0.2, 0.25) is 0 Å². The fourth-order valence-electron chi connectivity index (χ4n) is 2.86. The summed E-state index contributed by atoms with van der Waals surface area (Å²) in [6.45, 7) is 2.08. The highest BCUT2D eigenvalue weighted by molar-refractivity contribution is 5.60. The van der Waals surface area contributed by atoms with E-state index in [0.29, 0.717) is 0 Å².